The molecule has 0 N–H and O–H groups in total. The van der Waals surface area contributed by atoms with Gasteiger partial charge in [0, 0.05) is 51.5 Å². The molecule has 1 aromatic carbocycles. The fourth-order valence-electron chi connectivity index (χ4n) is 3.51. The van der Waals surface area contributed by atoms with Crippen LogP contribution in [0.3, 0.4) is 0 Å². The van der Waals surface area contributed by atoms with Crippen LogP contribution >= 0.6 is 0 Å². The average Bonchev–Trinajstić information content (AvgIpc) is 2.77. The van der Waals surface area contributed by atoms with Crippen molar-refractivity contribution >= 4 is 17.4 Å². The molecule has 6 nitrogen and oxygen atoms in total. The van der Waals surface area contributed by atoms with Gasteiger partial charge in [-0.2, -0.15) is 0 Å². The second kappa shape index (κ2) is 9.44. The number of ether oxygens (including phenoxy) is 1. The molecule has 3 rings (SSSR count). The molecule has 0 bridgehead atoms. The Kier molecular flexibility index (Phi) is 6.74. The van der Waals surface area contributed by atoms with E-state index in [1.165, 1.54) is 0 Å². The molecule has 1 aliphatic heterocycles. The number of benzene rings is 1. The largest absolute Gasteiger partial charge is 0.495 e. The van der Waals surface area contributed by atoms with Gasteiger partial charge >= 0.3 is 0 Å². The van der Waals surface area contributed by atoms with Crippen LogP contribution in [0.4, 0.5) is 11.5 Å². The number of carbonyl (C=O) groups is 1. The van der Waals surface area contributed by atoms with Gasteiger partial charge in [0.05, 0.1) is 12.8 Å². The standard InChI is InChI=1S/C22H30N4O2/c1-4-5-12-24(2)22(27)18-10-11-23-21(17-18)26-15-13-25(14-16-26)19-8-6-7-9-20(19)28-3/h6-11,17H,4-5,12-16H2,1-3H3. The highest BCUT2D eigenvalue weighted by Gasteiger charge is 2.21. The van der Waals surface area contributed by atoms with Crippen molar-refractivity contribution in [2.75, 3.05) is 56.7 Å². The zero-order chi connectivity index (χ0) is 19.9. The van der Waals surface area contributed by atoms with Crippen LogP contribution in [0.5, 0.6) is 5.75 Å². The summed E-state index contributed by atoms with van der Waals surface area (Å²) in [6, 6.07) is 11.8. The number of para-hydroxylation sites is 2. The van der Waals surface area contributed by atoms with Crippen molar-refractivity contribution in [2.24, 2.45) is 0 Å². The SMILES string of the molecule is CCCCN(C)C(=O)c1ccnc(N2CCN(c3ccccc3OC)CC2)c1. The first-order valence-corrected chi connectivity index (χ1v) is 9.98. The van der Waals surface area contributed by atoms with E-state index in [9.17, 15) is 4.79 Å². The van der Waals surface area contributed by atoms with Gasteiger partial charge in [0.2, 0.25) is 0 Å². The highest BCUT2D eigenvalue weighted by atomic mass is 16.5. The molecule has 0 radical (unpaired) electrons. The van der Waals surface area contributed by atoms with Gasteiger partial charge in [-0.1, -0.05) is 25.5 Å². The fourth-order valence-corrected chi connectivity index (χ4v) is 3.51. The number of amides is 1. The monoisotopic (exact) mass is 382 g/mol. The maximum atomic E-state index is 12.7. The average molecular weight is 383 g/mol. The lowest BCUT2D eigenvalue weighted by molar-refractivity contribution is 0.0793. The zero-order valence-corrected chi connectivity index (χ0v) is 17.1. The molecule has 2 heterocycles. The Morgan fingerprint density at radius 2 is 1.86 bits per heavy atom. The lowest BCUT2D eigenvalue weighted by atomic mass is 10.2. The first kappa shape index (κ1) is 20.0. The topological polar surface area (TPSA) is 48.9 Å². The van der Waals surface area contributed by atoms with Crippen molar-refractivity contribution in [2.45, 2.75) is 19.8 Å². The highest BCUT2D eigenvalue weighted by molar-refractivity contribution is 5.94. The number of unbranched alkanes of at least 4 members (excludes halogenated alkanes) is 1. The number of piperazine rings is 1. The van der Waals surface area contributed by atoms with E-state index in [0.29, 0.717) is 5.56 Å². The Morgan fingerprint density at radius 1 is 1.14 bits per heavy atom. The number of hydrogen-bond donors (Lipinski definition) is 0. The Bertz CT molecular complexity index is 788. The number of anilines is 2. The molecule has 1 saturated heterocycles. The number of rotatable bonds is 7. The van der Waals surface area contributed by atoms with Gasteiger partial charge in [-0.05, 0) is 30.7 Å². The summed E-state index contributed by atoms with van der Waals surface area (Å²) in [4.78, 5) is 23.5. The maximum absolute atomic E-state index is 12.7. The fraction of sp³-hybridized carbons (Fsp3) is 0.455. The van der Waals surface area contributed by atoms with Crippen LogP contribution in [0.25, 0.3) is 0 Å². The molecule has 28 heavy (non-hydrogen) atoms. The molecule has 0 spiro atoms. The molecule has 0 unspecified atom stereocenters. The molecule has 150 valence electrons. The molecule has 1 aromatic heterocycles. The van der Waals surface area contributed by atoms with Crippen LogP contribution in [0.2, 0.25) is 0 Å². The molecule has 2 aromatic rings. The van der Waals surface area contributed by atoms with Crippen LogP contribution < -0.4 is 14.5 Å². The van der Waals surface area contributed by atoms with E-state index in [2.05, 4.69) is 27.8 Å². The minimum absolute atomic E-state index is 0.0600. The number of pyridine rings is 1. The second-order valence-electron chi connectivity index (χ2n) is 7.13. The smallest absolute Gasteiger partial charge is 0.253 e. The number of aromatic nitrogens is 1. The summed E-state index contributed by atoms with van der Waals surface area (Å²) >= 11 is 0. The highest BCUT2D eigenvalue weighted by Crippen LogP contribution is 2.29. The summed E-state index contributed by atoms with van der Waals surface area (Å²) in [6.07, 6.45) is 3.84. The summed E-state index contributed by atoms with van der Waals surface area (Å²) < 4.78 is 5.49. The van der Waals surface area contributed by atoms with Gasteiger partial charge in [-0.25, -0.2) is 4.98 Å². The van der Waals surface area contributed by atoms with E-state index < -0.39 is 0 Å². The Balaban J connectivity index is 1.65. The van der Waals surface area contributed by atoms with E-state index in [0.717, 1.165) is 62.8 Å². The molecule has 0 atom stereocenters. The molecule has 0 aliphatic carbocycles. The molecular weight excluding hydrogens is 352 g/mol. The molecule has 6 heteroatoms. The summed E-state index contributed by atoms with van der Waals surface area (Å²) in [5.74, 6) is 1.83. The van der Waals surface area contributed by atoms with Gasteiger partial charge in [-0.15, -0.1) is 0 Å². The Labute approximate surface area is 167 Å². The Hall–Kier alpha value is -2.76. The van der Waals surface area contributed by atoms with Gasteiger partial charge in [0.15, 0.2) is 0 Å². The van der Waals surface area contributed by atoms with E-state index in [4.69, 9.17) is 4.74 Å². The van der Waals surface area contributed by atoms with Crippen molar-refractivity contribution < 1.29 is 9.53 Å². The second-order valence-corrected chi connectivity index (χ2v) is 7.13. The predicted molar refractivity (Wildman–Crippen MR) is 114 cm³/mol. The minimum atomic E-state index is 0.0600. The summed E-state index contributed by atoms with van der Waals surface area (Å²) in [7, 11) is 3.57. The van der Waals surface area contributed by atoms with Crippen molar-refractivity contribution in [1.82, 2.24) is 9.88 Å². The predicted octanol–water partition coefficient (Wildman–Crippen LogP) is 3.29. The van der Waals surface area contributed by atoms with E-state index in [1.807, 2.05) is 31.3 Å². The minimum Gasteiger partial charge on any atom is -0.495 e. The van der Waals surface area contributed by atoms with Crippen molar-refractivity contribution in [3.05, 3.63) is 48.2 Å². The zero-order valence-electron chi connectivity index (χ0n) is 17.1. The number of nitrogens with zero attached hydrogens (tertiary/aromatic N) is 4. The third-order valence-corrected chi connectivity index (χ3v) is 5.22. The van der Waals surface area contributed by atoms with Crippen molar-refractivity contribution in [3.63, 3.8) is 0 Å². The van der Waals surface area contributed by atoms with Crippen molar-refractivity contribution in [1.29, 1.82) is 0 Å². The lowest BCUT2D eigenvalue weighted by Crippen LogP contribution is -2.47. The van der Waals surface area contributed by atoms with Gasteiger partial charge in [0.1, 0.15) is 11.6 Å². The summed E-state index contributed by atoms with van der Waals surface area (Å²) in [6.45, 7) is 6.40. The first-order chi connectivity index (χ1) is 13.6. The van der Waals surface area contributed by atoms with Crippen LogP contribution in [-0.4, -0.2) is 62.7 Å². The lowest BCUT2D eigenvalue weighted by Gasteiger charge is -2.37. The van der Waals surface area contributed by atoms with E-state index in [-0.39, 0.29) is 5.91 Å². The van der Waals surface area contributed by atoms with Crippen LogP contribution in [0.1, 0.15) is 30.1 Å². The van der Waals surface area contributed by atoms with Gasteiger partial charge in [0.25, 0.3) is 5.91 Å². The molecular formula is C22H30N4O2. The van der Waals surface area contributed by atoms with Gasteiger partial charge in [-0.3, -0.25) is 4.79 Å². The molecule has 1 fully saturated rings. The van der Waals surface area contributed by atoms with Gasteiger partial charge < -0.3 is 19.4 Å². The molecule has 0 saturated carbocycles. The van der Waals surface area contributed by atoms with Crippen LogP contribution in [0, 0.1) is 0 Å². The van der Waals surface area contributed by atoms with Crippen LogP contribution in [0.15, 0.2) is 42.6 Å². The number of carbonyl (C=O) groups excluding carboxylic acids is 1. The van der Waals surface area contributed by atoms with Crippen LogP contribution in [-0.2, 0) is 0 Å². The summed E-state index contributed by atoms with van der Waals surface area (Å²) in [5.41, 5.74) is 1.83. The molecule has 1 amide bonds. The Morgan fingerprint density at radius 3 is 2.57 bits per heavy atom. The number of methoxy groups -OCH3 is 1. The first-order valence-electron chi connectivity index (χ1n) is 9.98. The van der Waals surface area contributed by atoms with E-state index >= 15 is 0 Å². The number of hydrogen-bond acceptors (Lipinski definition) is 5. The van der Waals surface area contributed by atoms with E-state index in [1.54, 1.807) is 24.3 Å². The molecule has 1 aliphatic rings. The normalized spacial score (nSPS) is 14.1. The van der Waals surface area contributed by atoms with Crippen molar-refractivity contribution in [3.8, 4) is 5.75 Å². The third-order valence-electron chi connectivity index (χ3n) is 5.22. The quantitative estimate of drug-likeness (QED) is 0.735. The third kappa shape index (κ3) is 4.55. The summed E-state index contributed by atoms with van der Waals surface area (Å²) in [5, 5.41) is 0. The maximum Gasteiger partial charge on any atom is 0.253 e.